The van der Waals surface area contributed by atoms with Crippen LogP contribution in [0.25, 0.3) is 0 Å². The first kappa shape index (κ1) is 17.6. The molecule has 2 aromatic rings. The summed E-state index contributed by atoms with van der Waals surface area (Å²) in [7, 11) is 0. The average Bonchev–Trinajstić information content (AvgIpc) is 2.72. The van der Waals surface area contributed by atoms with Gasteiger partial charge in [-0.25, -0.2) is 0 Å². The molecule has 0 atom stereocenters. The van der Waals surface area contributed by atoms with Crippen molar-refractivity contribution in [1.82, 2.24) is 4.90 Å². The Morgan fingerprint density at radius 3 is 2.50 bits per heavy atom. The maximum Gasteiger partial charge on any atom is 0.260 e. The van der Waals surface area contributed by atoms with Gasteiger partial charge in [0.15, 0.2) is 6.61 Å². The molecule has 3 rings (SSSR count). The lowest BCUT2D eigenvalue weighted by molar-refractivity contribution is -0.137. The summed E-state index contributed by atoms with van der Waals surface area (Å²) in [6.07, 6.45) is 1.74. The third kappa shape index (κ3) is 4.91. The minimum Gasteiger partial charge on any atom is -0.484 e. The van der Waals surface area contributed by atoms with E-state index in [9.17, 15) is 4.79 Å². The Bertz CT molecular complexity index is 802. The zero-order chi connectivity index (χ0) is 18.2. The minimum atomic E-state index is -0.0280. The molecule has 2 aromatic carbocycles. The number of benzene rings is 2. The van der Waals surface area contributed by atoms with Crippen LogP contribution in [0.1, 0.15) is 11.1 Å². The fourth-order valence-electron chi connectivity index (χ4n) is 2.47. The Labute approximate surface area is 152 Å². The van der Waals surface area contributed by atoms with E-state index in [-0.39, 0.29) is 12.5 Å². The van der Waals surface area contributed by atoms with Crippen molar-refractivity contribution in [2.24, 2.45) is 4.99 Å². The number of carbonyl (C=O) groups is 1. The molecule has 1 fully saturated rings. The maximum atomic E-state index is 12.0. The third-order valence-corrected chi connectivity index (χ3v) is 3.97. The summed E-state index contributed by atoms with van der Waals surface area (Å²) in [5.41, 5.74) is 2.30. The average molecular weight is 349 g/mol. The molecule has 1 heterocycles. The Morgan fingerprint density at radius 2 is 1.85 bits per heavy atom. The number of aliphatic imine (C=N–C) groups is 1. The van der Waals surface area contributed by atoms with E-state index in [2.05, 4.69) is 11.1 Å². The van der Waals surface area contributed by atoms with Crippen LogP contribution < -0.4 is 4.74 Å². The highest BCUT2D eigenvalue weighted by atomic mass is 16.5. The number of ether oxygens (including phenoxy) is 2. The van der Waals surface area contributed by atoms with Crippen LogP contribution in [0, 0.1) is 11.3 Å². The van der Waals surface area contributed by atoms with Gasteiger partial charge in [0.1, 0.15) is 5.75 Å². The number of rotatable bonds is 5. The minimum absolute atomic E-state index is 0.0265. The SMILES string of the molecule is N#Cc1ccc(N=Cc2ccc(OCC(=O)N3CCOCC3)cc2)cc1. The van der Waals surface area contributed by atoms with Gasteiger partial charge in [-0.2, -0.15) is 5.26 Å². The van der Waals surface area contributed by atoms with Gasteiger partial charge in [-0.3, -0.25) is 9.79 Å². The highest BCUT2D eigenvalue weighted by molar-refractivity contribution is 5.82. The topological polar surface area (TPSA) is 74.9 Å². The van der Waals surface area contributed by atoms with Crippen LogP contribution in [0.3, 0.4) is 0 Å². The van der Waals surface area contributed by atoms with E-state index in [4.69, 9.17) is 14.7 Å². The summed E-state index contributed by atoms with van der Waals surface area (Å²) in [5.74, 6) is 0.613. The summed E-state index contributed by atoms with van der Waals surface area (Å²) in [6, 6.07) is 16.5. The van der Waals surface area contributed by atoms with Gasteiger partial charge < -0.3 is 14.4 Å². The second-order valence-corrected chi connectivity index (χ2v) is 5.77. The molecule has 0 radical (unpaired) electrons. The number of hydrogen-bond donors (Lipinski definition) is 0. The fraction of sp³-hybridized carbons (Fsp3) is 0.250. The van der Waals surface area contributed by atoms with Crippen molar-refractivity contribution in [1.29, 1.82) is 5.26 Å². The molecule has 6 heteroatoms. The molecule has 1 aliphatic rings. The second-order valence-electron chi connectivity index (χ2n) is 5.77. The zero-order valence-electron chi connectivity index (χ0n) is 14.3. The zero-order valence-corrected chi connectivity index (χ0v) is 14.3. The number of carbonyl (C=O) groups excluding carboxylic acids is 1. The predicted molar refractivity (Wildman–Crippen MR) is 97.7 cm³/mol. The Kier molecular flexibility index (Phi) is 5.96. The standard InChI is InChI=1S/C20H19N3O3/c21-13-16-1-5-18(6-2-16)22-14-17-3-7-19(8-4-17)26-15-20(24)23-9-11-25-12-10-23/h1-8,14H,9-12,15H2. The van der Waals surface area contributed by atoms with Gasteiger partial charge >= 0.3 is 0 Å². The summed E-state index contributed by atoms with van der Waals surface area (Å²) in [6.45, 7) is 2.43. The van der Waals surface area contributed by atoms with Crippen LogP contribution in [0.5, 0.6) is 5.75 Å². The van der Waals surface area contributed by atoms with Crippen molar-refractivity contribution < 1.29 is 14.3 Å². The smallest absolute Gasteiger partial charge is 0.260 e. The van der Waals surface area contributed by atoms with E-state index < -0.39 is 0 Å². The molecule has 26 heavy (non-hydrogen) atoms. The van der Waals surface area contributed by atoms with E-state index in [1.54, 1.807) is 35.4 Å². The largest absolute Gasteiger partial charge is 0.484 e. The monoisotopic (exact) mass is 349 g/mol. The first-order valence-electron chi connectivity index (χ1n) is 8.37. The van der Waals surface area contributed by atoms with Crippen molar-refractivity contribution in [3.8, 4) is 11.8 Å². The van der Waals surface area contributed by atoms with E-state index in [1.807, 2.05) is 24.3 Å². The van der Waals surface area contributed by atoms with E-state index in [0.717, 1.165) is 11.3 Å². The summed E-state index contributed by atoms with van der Waals surface area (Å²) in [4.78, 5) is 18.2. The van der Waals surface area contributed by atoms with Gasteiger partial charge in [0, 0.05) is 19.3 Å². The first-order chi connectivity index (χ1) is 12.7. The number of morpholine rings is 1. The molecule has 0 N–H and O–H groups in total. The predicted octanol–water partition coefficient (Wildman–Crippen LogP) is 2.55. The van der Waals surface area contributed by atoms with E-state index in [0.29, 0.717) is 37.6 Å². The number of nitrogens with zero attached hydrogens (tertiary/aromatic N) is 3. The van der Waals surface area contributed by atoms with Crippen molar-refractivity contribution >= 4 is 17.8 Å². The molecule has 0 aromatic heterocycles. The van der Waals surface area contributed by atoms with Crippen LogP contribution in [0.15, 0.2) is 53.5 Å². The Morgan fingerprint density at radius 1 is 1.15 bits per heavy atom. The molecular weight excluding hydrogens is 330 g/mol. The molecule has 0 saturated carbocycles. The molecule has 1 aliphatic heterocycles. The molecule has 0 aliphatic carbocycles. The quantitative estimate of drug-likeness (QED) is 0.778. The number of amides is 1. The van der Waals surface area contributed by atoms with Gasteiger partial charge in [-0.05, 0) is 54.1 Å². The van der Waals surface area contributed by atoms with Crippen LogP contribution in [-0.2, 0) is 9.53 Å². The van der Waals surface area contributed by atoms with Crippen LogP contribution in [-0.4, -0.2) is 49.9 Å². The van der Waals surface area contributed by atoms with Crippen molar-refractivity contribution in [3.63, 3.8) is 0 Å². The van der Waals surface area contributed by atoms with E-state index in [1.165, 1.54) is 0 Å². The maximum absolute atomic E-state index is 12.0. The van der Waals surface area contributed by atoms with Crippen LogP contribution in [0.4, 0.5) is 5.69 Å². The van der Waals surface area contributed by atoms with E-state index >= 15 is 0 Å². The molecular formula is C20H19N3O3. The Hall–Kier alpha value is -3.17. The molecule has 0 spiro atoms. The fourth-order valence-corrected chi connectivity index (χ4v) is 2.47. The van der Waals surface area contributed by atoms with Crippen molar-refractivity contribution in [3.05, 3.63) is 59.7 Å². The van der Waals surface area contributed by atoms with Gasteiger partial charge in [-0.15, -0.1) is 0 Å². The molecule has 1 saturated heterocycles. The lowest BCUT2D eigenvalue weighted by Gasteiger charge is -2.26. The molecule has 1 amide bonds. The van der Waals surface area contributed by atoms with Gasteiger partial charge in [0.25, 0.3) is 5.91 Å². The second kappa shape index (κ2) is 8.79. The van der Waals surface area contributed by atoms with Crippen molar-refractivity contribution in [2.45, 2.75) is 0 Å². The van der Waals surface area contributed by atoms with Gasteiger partial charge in [-0.1, -0.05) is 0 Å². The molecule has 0 bridgehead atoms. The third-order valence-electron chi connectivity index (χ3n) is 3.97. The summed E-state index contributed by atoms with van der Waals surface area (Å²) in [5, 5.41) is 8.78. The normalized spacial score (nSPS) is 14.2. The lowest BCUT2D eigenvalue weighted by Crippen LogP contribution is -2.42. The number of nitriles is 1. The first-order valence-corrected chi connectivity index (χ1v) is 8.37. The highest BCUT2D eigenvalue weighted by Crippen LogP contribution is 2.15. The van der Waals surface area contributed by atoms with Crippen LogP contribution >= 0.6 is 0 Å². The lowest BCUT2D eigenvalue weighted by atomic mass is 10.2. The molecule has 0 unspecified atom stereocenters. The number of hydrogen-bond acceptors (Lipinski definition) is 5. The molecule has 132 valence electrons. The Balaban J connectivity index is 1.52. The van der Waals surface area contributed by atoms with Crippen molar-refractivity contribution in [2.75, 3.05) is 32.9 Å². The highest BCUT2D eigenvalue weighted by Gasteiger charge is 2.16. The molecule has 6 nitrogen and oxygen atoms in total. The van der Waals surface area contributed by atoms with Gasteiger partial charge in [0.05, 0.1) is 30.5 Å². The van der Waals surface area contributed by atoms with Gasteiger partial charge in [0.2, 0.25) is 0 Å². The summed E-state index contributed by atoms with van der Waals surface area (Å²) >= 11 is 0. The summed E-state index contributed by atoms with van der Waals surface area (Å²) < 4.78 is 10.8. The van der Waals surface area contributed by atoms with Crippen LogP contribution in [0.2, 0.25) is 0 Å².